The predicted octanol–water partition coefficient (Wildman–Crippen LogP) is 3.87. The highest BCUT2D eigenvalue weighted by Gasteiger charge is 2.76. The van der Waals surface area contributed by atoms with E-state index in [1.165, 1.54) is 17.0 Å². The van der Waals surface area contributed by atoms with E-state index in [1.807, 2.05) is 6.07 Å². The molecule has 2 N–H and O–H groups in total. The first kappa shape index (κ1) is 26.6. The number of carbonyl (C=O) groups is 1. The first-order valence-corrected chi connectivity index (χ1v) is 14.2. The zero-order valence-corrected chi connectivity index (χ0v) is 22.6. The molecule has 7 rings (SSSR count). The lowest BCUT2D eigenvalue weighted by Crippen LogP contribution is -2.81. The molecule has 1 spiro atoms. The van der Waals surface area contributed by atoms with Crippen molar-refractivity contribution in [2.75, 3.05) is 20.1 Å². The molecule has 2 aliphatic heterocycles. The highest BCUT2D eigenvalue weighted by molar-refractivity contribution is 5.94. The van der Waals surface area contributed by atoms with E-state index < -0.39 is 51.5 Å². The first-order valence-electron chi connectivity index (χ1n) is 14.2. The van der Waals surface area contributed by atoms with E-state index in [0.717, 1.165) is 36.1 Å². The molecule has 10 heteroatoms. The fraction of sp³-hybridized carbons (Fsp3) is 0.516. The number of phenols is 1. The maximum Gasteiger partial charge on any atom is 0.416 e. The fourth-order valence-corrected chi connectivity index (χ4v) is 8.23. The topological polar surface area (TPSA) is 93.1 Å². The molecular formula is C31H31F3N2O5. The molecule has 216 valence electrons. The van der Waals surface area contributed by atoms with Crippen LogP contribution in [-0.2, 0) is 22.8 Å². The predicted molar refractivity (Wildman–Crippen MR) is 141 cm³/mol. The summed E-state index contributed by atoms with van der Waals surface area (Å²) in [5, 5.41) is 37.7. The van der Waals surface area contributed by atoms with E-state index in [4.69, 9.17) is 4.74 Å². The van der Waals surface area contributed by atoms with E-state index in [1.54, 1.807) is 13.1 Å². The molecule has 2 aromatic rings. The number of alkyl halides is 3. The number of halogens is 3. The van der Waals surface area contributed by atoms with Gasteiger partial charge in [0.1, 0.15) is 17.7 Å². The fourth-order valence-electron chi connectivity index (χ4n) is 8.23. The number of likely N-dealkylation sites (tertiary alicyclic amines) is 1. The maximum atomic E-state index is 14.3. The molecule has 6 atom stereocenters. The lowest BCUT2D eigenvalue weighted by Gasteiger charge is -2.68. The van der Waals surface area contributed by atoms with Gasteiger partial charge < -0.3 is 29.7 Å². The molecule has 2 aromatic carbocycles. The highest BCUT2D eigenvalue weighted by Crippen LogP contribution is 2.67. The summed E-state index contributed by atoms with van der Waals surface area (Å²) >= 11 is 0. The molecule has 41 heavy (non-hydrogen) atoms. The molecule has 2 saturated carbocycles. The van der Waals surface area contributed by atoms with Gasteiger partial charge in [-0.15, -0.1) is 0 Å². The number of benzene rings is 2. The quantitative estimate of drug-likeness (QED) is 0.333. The minimum absolute atomic E-state index is 0.0328. The van der Waals surface area contributed by atoms with E-state index in [0.29, 0.717) is 50.4 Å². The van der Waals surface area contributed by atoms with Crippen LogP contribution in [0.1, 0.15) is 54.4 Å². The summed E-state index contributed by atoms with van der Waals surface area (Å²) in [7, 11) is 1.60. The summed E-state index contributed by atoms with van der Waals surface area (Å²) in [6.45, 7) is 0.826. The number of carbonyl (C=O) groups excluding carboxylic acids is 1. The van der Waals surface area contributed by atoms with Crippen molar-refractivity contribution in [2.24, 2.45) is 5.92 Å². The third kappa shape index (κ3) is 3.75. The Morgan fingerprint density at radius 3 is 2.59 bits per heavy atom. The summed E-state index contributed by atoms with van der Waals surface area (Å²) in [6.07, 6.45) is -1.61. The normalized spacial score (nSPS) is 34.6. The summed E-state index contributed by atoms with van der Waals surface area (Å²) in [4.78, 5) is 14.7. The van der Waals surface area contributed by atoms with Crippen molar-refractivity contribution < 1.29 is 37.6 Å². The Kier molecular flexibility index (Phi) is 5.61. The van der Waals surface area contributed by atoms with Gasteiger partial charge in [-0.25, -0.2) is 0 Å². The summed E-state index contributed by atoms with van der Waals surface area (Å²) in [6, 6.07) is 6.63. The molecule has 1 saturated heterocycles. The maximum absolute atomic E-state index is 14.3. The Morgan fingerprint density at radius 1 is 1.17 bits per heavy atom. The van der Waals surface area contributed by atoms with Crippen LogP contribution in [0.15, 0.2) is 36.4 Å². The number of aromatic hydroxyl groups is 1. The van der Waals surface area contributed by atoms with E-state index >= 15 is 0 Å². The number of hydrogen-bond donors (Lipinski definition) is 2. The van der Waals surface area contributed by atoms with Crippen LogP contribution in [0, 0.1) is 23.0 Å². The van der Waals surface area contributed by atoms with Crippen LogP contribution in [0.25, 0.3) is 0 Å². The molecule has 3 aliphatic carbocycles. The lowest BCUT2D eigenvalue weighted by atomic mass is 9.48. The number of nitrogens with zero attached hydrogens (tertiary/aromatic N) is 2. The van der Waals surface area contributed by atoms with Crippen molar-refractivity contribution in [3.05, 3.63) is 63.9 Å². The van der Waals surface area contributed by atoms with Crippen molar-refractivity contribution >= 4 is 5.91 Å². The SMILES string of the molecule is CN(C(=O)C#Cc1ccc(C(F)(F)F)cc1)C1CCC2(O)C3Cc4ccc(O)c5c4C2(CC[N+]3([O-])CC2CC2)C1O5. The molecule has 2 bridgehead atoms. The zero-order valence-electron chi connectivity index (χ0n) is 22.6. The van der Waals surface area contributed by atoms with Gasteiger partial charge in [-0.3, -0.25) is 4.79 Å². The van der Waals surface area contributed by atoms with Crippen LogP contribution in [0.2, 0.25) is 0 Å². The second-order valence-electron chi connectivity index (χ2n) is 12.5. The van der Waals surface area contributed by atoms with E-state index in [9.17, 15) is 33.4 Å². The lowest BCUT2D eigenvalue weighted by molar-refractivity contribution is -0.924. The molecule has 5 aliphatic rings. The van der Waals surface area contributed by atoms with Crippen molar-refractivity contribution in [1.29, 1.82) is 0 Å². The molecule has 1 amide bonds. The van der Waals surface area contributed by atoms with Gasteiger partial charge in [0.05, 0.1) is 30.1 Å². The Bertz CT molecular complexity index is 1500. The van der Waals surface area contributed by atoms with Gasteiger partial charge in [-0.1, -0.05) is 12.0 Å². The van der Waals surface area contributed by atoms with Gasteiger partial charge in [-0.05, 0) is 61.6 Å². The van der Waals surface area contributed by atoms with Gasteiger partial charge in [0, 0.05) is 42.9 Å². The molecule has 3 fully saturated rings. The van der Waals surface area contributed by atoms with Crippen molar-refractivity contribution in [1.82, 2.24) is 4.90 Å². The van der Waals surface area contributed by atoms with Gasteiger partial charge in [0.2, 0.25) is 0 Å². The Hall–Kier alpha value is -3.26. The minimum atomic E-state index is -4.46. The number of piperidine rings is 1. The smallest absolute Gasteiger partial charge is 0.416 e. The Labute approximate surface area is 235 Å². The molecule has 7 nitrogen and oxygen atoms in total. The molecule has 6 unspecified atom stereocenters. The van der Waals surface area contributed by atoms with E-state index in [2.05, 4.69) is 11.8 Å². The second-order valence-corrected chi connectivity index (χ2v) is 12.5. The number of hydrogen-bond acceptors (Lipinski definition) is 5. The second kappa shape index (κ2) is 8.63. The van der Waals surface area contributed by atoms with Crippen molar-refractivity contribution in [3.63, 3.8) is 0 Å². The van der Waals surface area contributed by atoms with Crippen LogP contribution >= 0.6 is 0 Å². The number of ether oxygens (including phenoxy) is 1. The average Bonchev–Trinajstić information content (AvgIpc) is 3.66. The number of rotatable bonds is 3. The highest BCUT2D eigenvalue weighted by atomic mass is 19.4. The molecule has 2 heterocycles. The molecule has 0 aromatic heterocycles. The summed E-state index contributed by atoms with van der Waals surface area (Å²) in [5.74, 6) is 5.34. The van der Waals surface area contributed by atoms with Gasteiger partial charge in [0.25, 0.3) is 5.91 Å². The van der Waals surface area contributed by atoms with Crippen LogP contribution in [-0.4, -0.2) is 69.6 Å². The van der Waals surface area contributed by atoms with Crippen LogP contribution in [0.5, 0.6) is 11.5 Å². The third-order valence-corrected chi connectivity index (χ3v) is 10.4. The van der Waals surface area contributed by atoms with Gasteiger partial charge >= 0.3 is 6.18 Å². The van der Waals surface area contributed by atoms with Crippen molar-refractivity contribution in [3.8, 4) is 23.3 Å². The van der Waals surface area contributed by atoms with Crippen LogP contribution in [0.3, 0.4) is 0 Å². The van der Waals surface area contributed by atoms with Crippen LogP contribution in [0.4, 0.5) is 13.2 Å². The number of phenolic OH excluding ortho intramolecular Hbond substituents is 1. The van der Waals surface area contributed by atoms with Gasteiger partial charge in [-0.2, -0.15) is 13.2 Å². The monoisotopic (exact) mass is 568 g/mol. The number of likely N-dealkylation sites (N-methyl/N-ethyl adjacent to an activating group) is 1. The Morgan fingerprint density at radius 2 is 1.90 bits per heavy atom. The van der Waals surface area contributed by atoms with Crippen molar-refractivity contribution in [2.45, 2.75) is 73.9 Å². The van der Waals surface area contributed by atoms with Gasteiger partial charge in [0.15, 0.2) is 11.5 Å². The minimum Gasteiger partial charge on any atom is -0.632 e. The summed E-state index contributed by atoms with van der Waals surface area (Å²) in [5.41, 5.74) is -1.16. The zero-order chi connectivity index (χ0) is 28.9. The standard InChI is InChI=1S/C31H31F3N2O5/c1-35(25(38)11-6-18-4-8-21(9-5-18)31(32,33)34)22-12-13-30(39)24-16-20-7-10-23(37)27-26(20)29(30,28(22)41-27)14-15-36(24,40)17-19-2-3-19/h4-5,7-10,19,22,24,28,37,39H,2-3,12-17H2,1H3. The number of amides is 1. The molecular weight excluding hydrogens is 537 g/mol. The number of quaternary nitrogens is 1. The largest absolute Gasteiger partial charge is 0.632 e. The molecule has 0 radical (unpaired) electrons. The van der Waals surface area contributed by atoms with Crippen LogP contribution < -0.4 is 4.74 Å². The average molecular weight is 569 g/mol. The third-order valence-electron chi connectivity index (χ3n) is 10.4. The first-order chi connectivity index (χ1) is 19.4. The van der Waals surface area contributed by atoms with E-state index in [-0.39, 0.29) is 11.3 Å². The number of hydroxylamine groups is 3. The Balaban J connectivity index is 1.22. The summed E-state index contributed by atoms with van der Waals surface area (Å²) < 4.78 is 44.7. The number of aliphatic hydroxyl groups is 1.